The fraction of sp³-hybridized carbons (Fsp3) is 0. The number of anilines is 2. The number of thiophene rings is 1. The van der Waals surface area contributed by atoms with Crippen molar-refractivity contribution in [3.63, 3.8) is 0 Å². The third kappa shape index (κ3) is 3.12. The number of fused-ring (bicyclic) bond motifs is 11. The van der Waals surface area contributed by atoms with Crippen LogP contribution in [0.3, 0.4) is 0 Å². The Hall–Kier alpha value is -5.58. The van der Waals surface area contributed by atoms with E-state index in [-0.39, 0.29) is 6.85 Å². The molecule has 11 rings (SSSR count). The Morgan fingerprint density at radius 1 is 0.500 bits per heavy atom. The highest BCUT2D eigenvalue weighted by Crippen LogP contribution is 2.50. The Bertz CT molecular complexity index is 2710. The second-order valence-electron chi connectivity index (χ2n) is 12.5. The first-order chi connectivity index (χ1) is 22.8. The highest BCUT2D eigenvalue weighted by atomic mass is 32.1. The summed E-state index contributed by atoms with van der Waals surface area (Å²) in [5.41, 5.74) is 14.2. The lowest BCUT2D eigenvalue weighted by Gasteiger charge is -2.42. The van der Waals surface area contributed by atoms with Crippen LogP contribution in [0, 0.1) is 0 Å². The molecule has 0 unspecified atom stereocenters. The zero-order valence-corrected chi connectivity index (χ0v) is 25.6. The minimum absolute atomic E-state index is 0.0209. The van der Waals surface area contributed by atoms with Crippen LogP contribution in [0.25, 0.3) is 69.9 Å². The highest BCUT2D eigenvalue weighted by molar-refractivity contribution is 7.25. The van der Waals surface area contributed by atoms with Gasteiger partial charge in [-0.2, -0.15) is 0 Å². The molecule has 4 heteroatoms. The molecule has 9 aromatic rings. The van der Waals surface area contributed by atoms with Crippen LogP contribution in [0.4, 0.5) is 11.4 Å². The Balaban J connectivity index is 1.39. The first-order valence-electron chi connectivity index (χ1n) is 15.9. The third-order valence-corrected chi connectivity index (χ3v) is 11.3. The van der Waals surface area contributed by atoms with Crippen LogP contribution in [0.2, 0.25) is 0 Å². The van der Waals surface area contributed by atoms with Gasteiger partial charge in [0.2, 0.25) is 0 Å². The molecular formula is C42H25BN2S. The summed E-state index contributed by atoms with van der Waals surface area (Å²) in [6.45, 7) is 0.0209. The summed E-state index contributed by atoms with van der Waals surface area (Å²) in [4.78, 5) is 2.62. The number of rotatable bonds is 2. The van der Waals surface area contributed by atoms with E-state index in [1.807, 2.05) is 11.3 Å². The summed E-state index contributed by atoms with van der Waals surface area (Å²) in [7, 11) is 0. The molecule has 2 aliphatic heterocycles. The van der Waals surface area contributed by atoms with E-state index in [0.29, 0.717) is 0 Å². The zero-order chi connectivity index (χ0) is 29.9. The second kappa shape index (κ2) is 9.00. The summed E-state index contributed by atoms with van der Waals surface area (Å²) in [6, 6.07) is 56.3. The van der Waals surface area contributed by atoms with Crippen molar-refractivity contribution >= 4 is 82.5 Å². The van der Waals surface area contributed by atoms with Gasteiger partial charge in [-0.25, -0.2) is 0 Å². The summed E-state index contributed by atoms with van der Waals surface area (Å²) in [5, 5.41) is 5.28. The maximum absolute atomic E-state index is 2.62. The van der Waals surface area contributed by atoms with E-state index in [4.69, 9.17) is 0 Å². The van der Waals surface area contributed by atoms with Crippen LogP contribution in [-0.4, -0.2) is 11.4 Å². The Morgan fingerprint density at radius 3 is 2.09 bits per heavy atom. The van der Waals surface area contributed by atoms with Gasteiger partial charge in [0.15, 0.2) is 0 Å². The van der Waals surface area contributed by atoms with Gasteiger partial charge in [0.05, 0.1) is 11.0 Å². The van der Waals surface area contributed by atoms with Crippen molar-refractivity contribution in [1.82, 2.24) is 4.57 Å². The van der Waals surface area contributed by atoms with Gasteiger partial charge in [-0.05, 0) is 76.1 Å². The van der Waals surface area contributed by atoms with Crippen LogP contribution >= 0.6 is 11.3 Å². The van der Waals surface area contributed by atoms with Crippen LogP contribution in [0.5, 0.6) is 0 Å². The quantitative estimate of drug-likeness (QED) is 0.179. The lowest BCUT2D eigenvalue weighted by molar-refractivity contribution is 1.18. The monoisotopic (exact) mass is 600 g/mol. The first kappa shape index (κ1) is 24.7. The molecule has 0 bridgehead atoms. The summed E-state index contributed by atoms with van der Waals surface area (Å²) < 4.78 is 5.21. The molecule has 0 atom stereocenters. The molecule has 2 nitrogen and oxygen atoms in total. The molecule has 0 N–H and O–H groups in total. The van der Waals surface area contributed by atoms with Crippen molar-refractivity contribution < 1.29 is 0 Å². The highest BCUT2D eigenvalue weighted by Gasteiger charge is 2.44. The number of nitrogens with zero attached hydrogens (tertiary/aromatic N) is 2. The van der Waals surface area contributed by atoms with Crippen LogP contribution in [0.15, 0.2) is 152 Å². The fourth-order valence-corrected chi connectivity index (χ4v) is 9.45. The van der Waals surface area contributed by atoms with Crippen molar-refractivity contribution in [3.8, 4) is 27.9 Å². The number of hydrogen-bond donors (Lipinski definition) is 0. The Labute approximate surface area is 270 Å². The number of aromatic nitrogens is 1. The third-order valence-electron chi connectivity index (χ3n) is 10.1. The lowest BCUT2D eigenvalue weighted by Crippen LogP contribution is -2.60. The van der Waals surface area contributed by atoms with Crippen molar-refractivity contribution in [2.45, 2.75) is 0 Å². The van der Waals surface area contributed by atoms with Gasteiger partial charge >= 0.3 is 6.85 Å². The minimum Gasteiger partial charge on any atom is -0.376 e. The molecule has 0 amide bonds. The van der Waals surface area contributed by atoms with Crippen molar-refractivity contribution in [2.75, 3.05) is 4.81 Å². The predicted molar refractivity (Wildman–Crippen MR) is 198 cm³/mol. The normalized spacial score (nSPS) is 13.1. The molecule has 4 heterocycles. The van der Waals surface area contributed by atoms with E-state index < -0.39 is 0 Å². The maximum Gasteiger partial charge on any atom is 0.333 e. The number of benzene rings is 7. The summed E-state index contributed by atoms with van der Waals surface area (Å²) in [5.74, 6) is 0. The van der Waals surface area contributed by atoms with Gasteiger partial charge < -0.3 is 9.38 Å². The summed E-state index contributed by atoms with van der Waals surface area (Å²) >= 11 is 1.90. The predicted octanol–water partition coefficient (Wildman–Crippen LogP) is 10.1. The van der Waals surface area contributed by atoms with E-state index in [1.165, 1.54) is 92.2 Å². The van der Waals surface area contributed by atoms with Crippen molar-refractivity contribution in [2.24, 2.45) is 0 Å². The number of para-hydroxylation sites is 3. The Kier molecular flexibility index (Phi) is 4.83. The molecule has 7 aromatic carbocycles. The van der Waals surface area contributed by atoms with Gasteiger partial charge in [0.1, 0.15) is 0 Å². The van der Waals surface area contributed by atoms with Crippen molar-refractivity contribution in [3.05, 3.63) is 152 Å². The van der Waals surface area contributed by atoms with Crippen LogP contribution in [0.1, 0.15) is 0 Å². The molecule has 0 saturated heterocycles. The SMILES string of the molecule is c1ccc(-c2cc3c4c5c2c2ccccc2n5-c2ccccc2B4N(c2ccccc2)c2cc4c(cc2-3)sc2ccccc24)cc1. The van der Waals surface area contributed by atoms with Crippen molar-refractivity contribution in [1.29, 1.82) is 0 Å². The van der Waals surface area contributed by atoms with Gasteiger partial charge in [-0.3, -0.25) is 0 Å². The molecule has 0 saturated carbocycles. The second-order valence-corrected chi connectivity index (χ2v) is 13.5. The van der Waals surface area contributed by atoms with E-state index in [9.17, 15) is 0 Å². The molecule has 212 valence electrons. The largest absolute Gasteiger partial charge is 0.376 e. The Morgan fingerprint density at radius 2 is 1.22 bits per heavy atom. The standard InChI is InChI=1S/C42H25BN2S/c1-3-13-26(14-4-1)30-23-33-31-25-39-32(28-17-8-12-22-38(28)46-39)24-37(31)45(27-15-5-2-6-16-27)43-34-19-9-11-21-36(34)44-35-20-10-7-18-29(35)40(30)42(44)41(33)43/h1-25H. The van der Waals surface area contributed by atoms with E-state index >= 15 is 0 Å². The minimum atomic E-state index is 0.0209. The molecule has 0 spiro atoms. The number of hydrogen-bond acceptors (Lipinski definition) is 2. The first-order valence-corrected chi connectivity index (χ1v) is 16.7. The fourth-order valence-electron chi connectivity index (χ4n) is 8.32. The van der Waals surface area contributed by atoms with E-state index in [0.717, 1.165) is 0 Å². The summed E-state index contributed by atoms with van der Waals surface area (Å²) in [6.07, 6.45) is 0. The van der Waals surface area contributed by atoms with E-state index in [1.54, 1.807) is 0 Å². The average Bonchev–Trinajstić information content (AvgIpc) is 3.67. The lowest BCUT2D eigenvalue weighted by atomic mass is 9.44. The average molecular weight is 601 g/mol. The molecular weight excluding hydrogens is 575 g/mol. The van der Waals surface area contributed by atoms with Gasteiger partial charge in [0, 0.05) is 53.6 Å². The molecule has 0 radical (unpaired) electrons. The van der Waals surface area contributed by atoms with Crippen LogP contribution in [-0.2, 0) is 0 Å². The molecule has 46 heavy (non-hydrogen) atoms. The van der Waals surface area contributed by atoms with Gasteiger partial charge in [-0.15, -0.1) is 11.3 Å². The molecule has 2 aliphatic rings. The van der Waals surface area contributed by atoms with Gasteiger partial charge in [-0.1, -0.05) is 103 Å². The maximum atomic E-state index is 2.62. The van der Waals surface area contributed by atoms with E-state index in [2.05, 4.69) is 161 Å². The molecule has 0 aliphatic carbocycles. The molecule has 2 aromatic heterocycles. The van der Waals surface area contributed by atoms with Crippen LogP contribution < -0.4 is 15.7 Å². The smallest absolute Gasteiger partial charge is 0.333 e. The topological polar surface area (TPSA) is 8.17 Å². The molecule has 0 fully saturated rings. The zero-order valence-electron chi connectivity index (χ0n) is 24.8. The van der Waals surface area contributed by atoms with Gasteiger partial charge in [0.25, 0.3) is 0 Å².